The van der Waals surface area contributed by atoms with E-state index in [-0.39, 0.29) is 12.1 Å². The van der Waals surface area contributed by atoms with Gasteiger partial charge in [-0.3, -0.25) is 5.32 Å². The van der Waals surface area contributed by atoms with Crippen LogP contribution in [0, 0.1) is 0 Å². The first-order valence-electron chi connectivity index (χ1n) is 12.4. The minimum atomic E-state index is -1.02. The third-order valence-electron chi connectivity index (χ3n) is 7.19. The molecular formula is C31H28N2O3. The van der Waals surface area contributed by atoms with Crippen LogP contribution < -0.4 is 15.0 Å². The van der Waals surface area contributed by atoms with Gasteiger partial charge in [0.2, 0.25) is 0 Å². The highest BCUT2D eigenvalue weighted by Gasteiger charge is 2.53. The Morgan fingerprint density at radius 3 is 2.33 bits per heavy atom. The van der Waals surface area contributed by atoms with Crippen LogP contribution in [0.1, 0.15) is 46.5 Å². The number of esters is 1. The van der Waals surface area contributed by atoms with Crippen molar-refractivity contribution >= 4 is 11.7 Å². The summed E-state index contributed by atoms with van der Waals surface area (Å²) in [6, 6.07) is 32.0. The lowest BCUT2D eigenvalue weighted by molar-refractivity contribution is 0.0224. The number of para-hydroxylation sites is 1. The lowest BCUT2D eigenvalue weighted by Crippen LogP contribution is -2.43. The lowest BCUT2D eigenvalue weighted by Gasteiger charge is -2.38. The van der Waals surface area contributed by atoms with Gasteiger partial charge in [0.05, 0.1) is 11.7 Å². The second-order valence-corrected chi connectivity index (χ2v) is 9.22. The maximum atomic E-state index is 13.0. The molecule has 4 aromatic rings. The van der Waals surface area contributed by atoms with Crippen LogP contribution >= 0.6 is 0 Å². The Bertz CT molecular complexity index is 1430. The van der Waals surface area contributed by atoms with Crippen molar-refractivity contribution in [3.63, 3.8) is 0 Å². The van der Waals surface area contributed by atoms with Crippen molar-refractivity contribution in [2.75, 3.05) is 11.4 Å². The summed E-state index contributed by atoms with van der Waals surface area (Å²) < 4.78 is 12.7. The molecule has 4 aromatic carbocycles. The molecule has 2 aliphatic rings. The van der Waals surface area contributed by atoms with Gasteiger partial charge in [0, 0.05) is 41.5 Å². The highest BCUT2D eigenvalue weighted by atomic mass is 16.6. The predicted molar refractivity (Wildman–Crippen MR) is 140 cm³/mol. The highest BCUT2D eigenvalue weighted by molar-refractivity contribution is 5.97. The van der Waals surface area contributed by atoms with E-state index in [1.165, 1.54) is 5.56 Å². The Balaban J connectivity index is 1.39. The molecule has 1 spiro atoms. The Labute approximate surface area is 211 Å². The number of fused-ring (bicyclic) bond motifs is 6. The van der Waals surface area contributed by atoms with E-state index in [4.69, 9.17) is 9.47 Å². The summed E-state index contributed by atoms with van der Waals surface area (Å²) in [5.74, 6) is 1.08. The van der Waals surface area contributed by atoms with E-state index in [2.05, 4.69) is 60.5 Å². The zero-order valence-electron chi connectivity index (χ0n) is 20.4. The van der Waals surface area contributed by atoms with Crippen molar-refractivity contribution < 1.29 is 14.3 Å². The molecule has 2 aliphatic heterocycles. The quantitative estimate of drug-likeness (QED) is 0.265. The molecule has 2 atom stereocenters. The second-order valence-electron chi connectivity index (χ2n) is 9.22. The van der Waals surface area contributed by atoms with E-state index in [1.807, 2.05) is 60.7 Å². The summed E-state index contributed by atoms with van der Waals surface area (Å²) in [5, 5.41) is 3.63. The van der Waals surface area contributed by atoms with Crippen LogP contribution in [-0.2, 0) is 16.9 Å². The number of hydrogen-bond acceptors (Lipinski definition) is 5. The Hall–Kier alpha value is -4.09. The molecule has 0 amide bonds. The van der Waals surface area contributed by atoms with E-state index < -0.39 is 5.60 Å². The molecule has 0 aliphatic carbocycles. The third-order valence-corrected chi connectivity index (χ3v) is 7.19. The maximum Gasteiger partial charge on any atom is 0.340 e. The number of ether oxygens (including phenoxy) is 2. The van der Waals surface area contributed by atoms with E-state index in [9.17, 15) is 4.79 Å². The fourth-order valence-corrected chi connectivity index (χ4v) is 5.44. The van der Waals surface area contributed by atoms with Crippen LogP contribution in [0.25, 0.3) is 0 Å². The molecule has 1 N–H and O–H groups in total. The SMILES string of the molecule is CCN(c1ccc2c(c1)Oc1ccccc1C21OC(=O)c2ccccc21)C(C)NCc1ccccc1. The summed E-state index contributed by atoms with van der Waals surface area (Å²) in [6.07, 6.45) is 0.100. The van der Waals surface area contributed by atoms with Gasteiger partial charge in [0.15, 0.2) is 5.60 Å². The number of rotatable bonds is 6. The minimum Gasteiger partial charge on any atom is -0.456 e. The molecule has 180 valence electrons. The summed E-state index contributed by atoms with van der Waals surface area (Å²) >= 11 is 0. The normalized spacial score (nSPS) is 18.0. The predicted octanol–water partition coefficient (Wildman–Crippen LogP) is 6.22. The maximum absolute atomic E-state index is 13.0. The first-order valence-corrected chi connectivity index (χ1v) is 12.4. The molecule has 2 heterocycles. The van der Waals surface area contributed by atoms with Crippen LogP contribution in [0.4, 0.5) is 5.69 Å². The van der Waals surface area contributed by atoms with Gasteiger partial charge >= 0.3 is 5.97 Å². The van der Waals surface area contributed by atoms with Gasteiger partial charge < -0.3 is 14.4 Å². The summed E-state index contributed by atoms with van der Waals surface area (Å²) in [6.45, 7) is 5.91. The largest absolute Gasteiger partial charge is 0.456 e. The van der Waals surface area contributed by atoms with Crippen molar-refractivity contribution in [2.24, 2.45) is 0 Å². The topological polar surface area (TPSA) is 50.8 Å². The fourth-order valence-electron chi connectivity index (χ4n) is 5.44. The van der Waals surface area contributed by atoms with Gasteiger partial charge in [0.25, 0.3) is 0 Å². The highest BCUT2D eigenvalue weighted by Crippen LogP contribution is 2.56. The molecule has 0 saturated carbocycles. The Morgan fingerprint density at radius 1 is 0.833 bits per heavy atom. The molecule has 0 saturated heterocycles. The van der Waals surface area contributed by atoms with Crippen LogP contribution in [-0.4, -0.2) is 18.7 Å². The summed E-state index contributed by atoms with van der Waals surface area (Å²) in [5.41, 5.74) is 4.39. The summed E-state index contributed by atoms with van der Waals surface area (Å²) in [4.78, 5) is 15.3. The Morgan fingerprint density at radius 2 is 1.53 bits per heavy atom. The van der Waals surface area contributed by atoms with Gasteiger partial charge in [-0.25, -0.2) is 4.79 Å². The second kappa shape index (κ2) is 8.85. The van der Waals surface area contributed by atoms with Crippen LogP contribution in [0.2, 0.25) is 0 Å². The van der Waals surface area contributed by atoms with Crippen molar-refractivity contribution in [3.05, 3.63) is 125 Å². The molecule has 2 unspecified atom stereocenters. The molecule has 0 fully saturated rings. The molecule has 6 rings (SSSR count). The van der Waals surface area contributed by atoms with Gasteiger partial charge in [-0.15, -0.1) is 0 Å². The lowest BCUT2D eigenvalue weighted by atomic mass is 9.77. The number of anilines is 1. The number of nitrogens with zero attached hydrogens (tertiary/aromatic N) is 1. The number of benzene rings is 4. The number of carbonyl (C=O) groups excluding carboxylic acids is 1. The van der Waals surface area contributed by atoms with E-state index >= 15 is 0 Å². The number of hydrogen-bond donors (Lipinski definition) is 1. The van der Waals surface area contributed by atoms with E-state index in [0.29, 0.717) is 17.1 Å². The molecule has 0 bridgehead atoms. The first kappa shape index (κ1) is 22.4. The zero-order chi connectivity index (χ0) is 24.7. The van der Waals surface area contributed by atoms with Crippen molar-refractivity contribution in [1.29, 1.82) is 0 Å². The first-order chi connectivity index (χ1) is 17.6. The molecule has 5 heteroatoms. The van der Waals surface area contributed by atoms with Crippen LogP contribution in [0.5, 0.6) is 11.5 Å². The van der Waals surface area contributed by atoms with Crippen molar-refractivity contribution in [1.82, 2.24) is 5.32 Å². The van der Waals surface area contributed by atoms with Gasteiger partial charge in [-0.05, 0) is 43.7 Å². The molecule has 0 aromatic heterocycles. The molecule has 36 heavy (non-hydrogen) atoms. The van der Waals surface area contributed by atoms with E-state index in [1.54, 1.807) is 0 Å². The Kier molecular flexibility index (Phi) is 5.50. The van der Waals surface area contributed by atoms with E-state index in [0.717, 1.165) is 35.5 Å². The average molecular weight is 477 g/mol. The van der Waals surface area contributed by atoms with Crippen LogP contribution in [0.3, 0.4) is 0 Å². The molecular weight excluding hydrogens is 448 g/mol. The van der Waals surface area contributed by atoms with Crippen molar-refractivity contribution in [3.8, 4) is 11.5 Å². The van der Waals surface area contributed by atoms with Crippen LogP contribution in [0.15, 0.2) is 97.1 Å². The minimum absolute atomic E-state index is 0.100. The van der Waals surface area contributed by atoms with Gasteiger partial charge in [-0.1, -0.05) is 66.7 Å². The monoisotopic (exact) mass is 476 g/mol. The third kappa shape index (κ3) is 3.47. The van der Waals surface area contributed by atoms with Gasteiger partial charge in [0.1, 0.15) is 11.5 Å². The number of carbonyl (C=O) groups is 1. The summed E-state index contributed by atoms with van der Waals surface area (Å²) in [7, 11) is 0. The average Bonchev–Trinajstić information content (AvgIpc) is 3.21. The molecule has 5 nitrogen and oxygen atoms in total. The smallest absolute Gasteiger partial charge is 0.340 e. The standard InChI is InChI=1S/C31H28N2O3/c1-3-33(21(2)32-20-22-11-5-4-6-12-22)23-17-18-27-29(19-23)35-28-16-10-9-15-26(28)31(27)25-14-8-7-13-24(25)30(34)36-31/h4-19,21,32H,3,20H2,1-2H3. The zero-order valence-corrected chi connectivity index (χ0v) is 20.4. The number of nitrogens with one attached hydrogen (secondary N) is 1. The van der Waals surface area contributed by atoms with Gasteiger partial charge in [-0.2, -0.15) is 0 Å². The van der Waals surface area contributed by atoms with Crippen molar-refractivity contribution in [2.45, 2.75) is 32.2 Å². The fraction of sp³-hybridized carbons (Fsp3) is 0.194. The molecule has 0 radical (unpaired) electrons.